The largest absolute Gasteiger partial charge is 0.489 e. The molecule has 0 aliphatic heterocycles. The fourth-order valence-corrected chi connectivity index (χ4v) is 2.76. The Kier molecular flexibility index (Phi) is 4.90. The monoisotopic (exact) mass is 352 g/mol. The van der Waals surface area contributed by atoms with E-state index in [9.17, 15) is 4.79 Å². The van der Waals surface area contributed by atoms with Crippen LogP contribution in [0.25, 0.3) is 10.9 Å². The van der Waals surface area contributed by atoms with Gasteiger partial charge in [0.1, 0.15) is 18.2 Å². The molecule has 0 spiro atoms. The maximum atomic E-state index is 10.9. The Morgan fingerprint density at radius 2 is 1.96 bits per heavy atom. The van der Waals surface area contributed by atoms with Crippen molar-refractivity contribution in [3.8, 4) is 5.75 Å². The first-order chi connectivity index (χ1) is 12.4. The van der Waals surface area contributed by atoms with Crippen molar-refractivity contribution in [1.82, 2.24) is 4.98 Å². The molecule has 26 heavy (non-hydrogen) atoms. The van der Waals surface area contributed by atoms with Crippen molar-refractivity contribution in [2.45, 2.75) is 19.1 Å². The van der Waals surface area contributed by atoms with Gasteiger partial charge in [0.05, 0.1) is 6.42 Å². The number of nitrogens with two attached hydrogens (primary N) is 2. The number of amidine groups is 1. The number of fused-ring (bicyclic) bond motifs is 1. The molecule has 0 fully saturated rings. The number of aromatic amines is 1. The van der Waals surface area contributed by atoms with Gasteiger partial charge in [-0.2, -0.15) is 0 Å². The lowest BCUT2D eigenvalue weighted by Gasteiger charge is -2.10. The lowest BCUT2D eigenvalue weighted by atomic mass is 10.0. The van der Waals surface area contributed by atoms with Gasteiger partial charge in [0, 0.05) is 28.7 Å². The molecule has 7 heteroatoms. The number of rotatable bonds is 7. The van der Waals surface area contributed by atoms with Gasteiger partial charge in [-0.3, -0.25) is 10.2 Å². The third kappa shape index (κ3) is 3.84. The highest BCUT2D eigenvalue weighted by Crippen LogP contribution is 2.28. The molecule has 2 aromatic carbocycles. The molecule has 1 aromatic heterocycles. The molecule has 1 unspecified atom stereocenters. The molecule has 3 rings (SSSR count). The van der Waals surface area contributed by atoms with Crippen LogP contribution in [-0.4, -0.2) is 21.9 Å². The second-order valence-corrected chi connectivity index (χ2v) is 6.06. The SMILES string of the molecule is N=C(N)c1ccc(COc2ccc3[nH]cc(C(N)CC(=O)O)c3c2)cc1. The Bertz CT molecular complexity index is 947. The van der Waals surface area contributed by atoms with Gasteiger partial charge in [0.2, 0.25) is 0 Å². The molecular formula is C19H20N4O3. The summed E-state index contributed by atoms with van der Waals surface area (Å²) in [5.41, 5.74) is 14.7. The number of hydrogen-bond donors (Lipinski definition) is 5. The Labute approximate surface area is 150 Å². The van der Waals surface area contributed by atoms with E-state index in [1.807, 2.05) is 30.3 Å². The van der Waals surface area contributed by atoms with Crippen molar-refractivity contribution in [3.63, 3.8) is 0 Å². The van der Waals surface area contributed by atoms with Crippen LogP contribution in [0.4, 0.5) is 0 Å². The van der Waals surface area contributed by atoms with Crippen LogP contribution in [0.2, 0.25) is 0 Å². The van der Waals surface area contributed by atoms with Crippen LogP contribution in [0.5, 0.6) is 5.75 Å². The van der Waals surface area contributed by atoms with Crippen LogP contribution in [0, 0.1) is 5.41 Å². The number of nitrogen functional groups attached to an aromatic ring is 1. The number of nitrogens with one attached hydrogen (secondary N) is 2. The first-order valence-electron chi connectivity index (χ1n) is 8.08. The number of aliphatic carboxylic acids is 1. The predicted molar refractivity (Wildman–Crippen MR) is 99.3 cm³/mol. The number of aromatic nitrogens is 1. The highest BCUT2D eigenvalue weighted by Gasteiger charge is 2.15. The molecule has 0 aliphatic carbocycles. The second-order valence-electron chi connectivity index (χ2n) is 6.06. The first kappa shape index (κ1) is 17.5. The predicted octanol–water partition coefficient (Wildman–Crippen LogP) is 2.51. The number of H-pyrrole nitrogens is 1. The molecule has 0 saturated carbocycles. The zero-order chi connectivity index (χ0) is 18.7. The first-order valence-corrected chi connectivity index (χ1v) is 8.08. The summed E-state index contributed by atoms with van der Waals surface area (Å²) in [7, 11) is 0. The standard InChI is InChI=1S/C19H20N4O3/c20-16(8-18(24)25)15-9-23-17-6-5-13(7-14(15)17)26-10-11-1-3-12(4-2-11)19(21)22/h1-7,9,16,23H,8,10,20H2,(H3,21,22)(H,24,25). The molecule has 0 amide bonds. The molecule has 0 aliphatic rings. The minimum absolute atomic E-state index is 0.0283. The van der Waals surface area contributed by atoms with Gasteiger partial charge in [-0.25, -0.2) is 0 Å². The van der Waals surface area contributed by atoms with E-state index in [0.29, 0.717) is 17.9 Å². The van der Waals surface area contributed by atoms with Crippen LogP contribution in [0.1, 0.15) is 29.2 Å². The van der Waals surface area contributed by atoms with E-state index in [2.05, 4.69) is 4.98 Å². The molecule has 1 atom stereocenters. The summed E-state index contributed by atoms with van der Waals surface area (Å²) in [6, 6.07) is 12.3. The van der Waals surface area contributed by atoms with Crippen LogP contribution in [-0.2, 0) is 11.4 Å². The summed E-state index contributed by atoms with van der Waals surface area (Å²) in [5.74, 6) is -0.245. The Hall–Kier alpha value is -3.32. The molecule has 7 N–H and O–H groups in total. The van der Waals surface area contributed by atoms with Gasteiger partial charge in [0.15, 0.2) is 0 Å². The zero-order valence-electron chi connectivity index (χ0n) is 14.0. The van der Waals surface area contributed by atoms with Crippen molar-refractivity contribution >= 4 is 22.7 Å². The minimum Gasteiger partial charge on any atom is -0.489 e. The van der Waals surface area contributed by atoms with E-state index in [1.165, 1.54) is 0 Å². The zero-order valence-corrected chi connectivity index (χ0v) is 14.0. The lowest BCUT2D eigenvalue weighted by molar-refractivity contribution is -0.137. The third-order valence-corrected chi connectivity index (χ3v) is 4.15. The van der Waals surface area contributed by atoms with Crippen molar-refractivity contribution in [1.29, 1.82) is 5.41 Å². The van der Waals surface area contributed by atoms with Crippen molar-refractivity contribution in [2.24, 2.45) is 11.5 Å². The maximum absolute atomic E-state index is 10.9. The fraction of sp³-hybridized carbons (Fsp3) is 0.158. The smallest absolute Gasteiger partial charge is 0.305 e. The van der Waals surface area contributed by atoms with Crippen molar-refractivity contribution in [2.75, 3.05) is 0 Å². The maximum Gasteiger partial charge on any atom is 0.305 e. The van der Waals surface area contributed by atoms with Crippen LogP contribution >= 0.6 is 0 Å². The number of benzene rings is 2. The highest BCUT2D eigenvalue weighted by molar-refractivity contribution is 5.94. The topological polar surface area (TPSA) is 138 Å². The number of carbonyl (C=O) groups is 1. The summed E-state index contributed by atoms with van der Waals surface area (Å²) in [6.07, 6.45) is 1.60. The Balaban J connectivity index is 1.76. The van der Waals surface area contributed by atoms with E-state index in [4.69, 9.17) is 26.7 Å². The normalized spacial score (nSPS) is 12.0. The Morgan fingerprint density at radius 1 is 1.23 bits per heavy atom. The number of carboxylic acids is 1. The fourth-order valence-electron chi connectivity index (χ4n) is 2.76. The van der Waals surface area contributed by atoms with Crippen molar-refractivity contribution < 1.29 is 14.6 Å². The lowest BCUT2D eigenvalue weighted by Crippen LogP contribution is -2.14. The molecule has 0 saturated heterocycles. The molecule has 1 heterocycles. The van der Waals surface area contributed by atoms with Crippen LogP contribution < -0.4 is 16.2 Å². The molecule has 0 bridgehead atoms. The highest BCUT2D eigenvalue weighted by atomic mass is 16.5. The molecule has 3 aromatic rings. The van der Waals surface area contributed by atoms with E-state index in [1.54, 1.807) is 18.3 Å². The summed E-state index contributed by atoms with van der Waals surface area (Å²) < 4.78 is 5.83. The van der Waals surface area contributed by atoms with E-state index in [0.717, 1.165) is 22.0 Å². The van der Waals surface area contributed by atoms with E-state index < -0.39 is 12.0 Å². The summed E-state index contributed by atoms with van der Waals surface area (Å²) in [6.45, 7) is 0.366. The van der Waals surface area contributed by atoms with Crippen LogP contribution in [0.15, 0.2) is 48.7 Å². The summed E-state index contributed by atoms with van der Waals surface area (Å²) in [5, 5.41) is 17.2. The average molecular weight is 352 g/mol. The number of hydrogen-bond acceptors (Lipinski definition) is 4. The van der Waals surface area contributed by atoms with Gasteiger partial charge >= 0.3 is 5.97 Å². The molecule has 134 valence electrons. The summed E-state index contributed by atoms with van der Waals surface area (Å²) >= 11 is 0. The molecular weight excluding hydrogens is 332 g/mol. The minimum atomic E-state index is -0.937. The van der Waals surface area contributed by atoms with E-state index >= 15 is 0 Å². The van der Waals surface area contributed by atoms with Gasteiger partial charge in [0.25, 0.3) is 0 Å². The molecule has 7 nitrogen and oxygen atoms in total. The van der Waals surface area contributed by atoms with Gasteiger partial charge < -0.3 is 26.3 Å². The number of carboxylic acid groups (broad SMARTS) is 1. The quantitative estimate of drug-likeness (QED) is 0.328. The number of ether oxygens (including phenoxy) is 1. The van der Waals surface area contributed by atoms with Crippen molar-refractivity contribution in [3.05, 3.63) is 65.4 Å². The van der Waals surface area contributed by atoms with Gasteiger partial charge in [-0.15, -0.1) is 0 Å². The van der Waals surface area contributed by atoms with Crippen LogP contribution in [0.3, 0.4) is 0 Å². The second kappa shape index (κ2) is 7.28. The van der Waals surface area contributed by atoms with E-state index in [-0.39, 0.29) is 12.3 Å². The van der Waals surface area contributed by atoms with Gasteiger partial charge in [-0.05, 0) is 29.3 Å². The Morgan fingerprint density at radius 3 is 2.62 bits per heavy atom. The third-order valence-electron chi connectivity index (χ3n) is 4.15. The average Bonchev–Trinajstić information content (AvgIpc) is 3.03. The molecule has 0 radical (unpaired) electrons. The summed E-state index contributed by atoms with van der Waals surface area (Å²) in [4.78, 5) is 14.0. The van der Waals surface area contributed by atoms with Gasteiger partial charge in [-0.1, -0.05) is 24.3 Å².